The number of thiophene rings is 1. The van der Waals surface area contributed by atoms with Crippen LogP contribution in [0.2, 0.25) is 0 Å². The first-order chi connectivity index (χ1) is 15.2. The highest BCUT2D eigenvalue weighted by molar-refractivity contribution is 7.21. The summed E-state index contributed by atoms with van der Waals surface area (Å²) in [5.41, 5.74) is 7.69. The minimum atomic E-state index is -2.82. The van der Waals surface area contributed by atoms with Gasteiger partial charge in [0.2, 0.25) is 5.91 Å². The molecule has 0 aromatic carbocycles. The number of nitrogens with zero attached hydrogens (tertiary/aromatic N) is 5. The van der Waals surface area contributed by atoms with Gasteiger partial charge in [-0.05, 0) is 31.5 Å². The second-order valence-corrected chi connectivity index (χ2v) is 8.19. The topological polar surface area (TPSA) is 121 Å². The molecule has 0 aliphatic carbocycles. The van der Waals surface area contributed by atoms with E-state index < -0.39 is 23.9 Å². The molecule has 0 fully saturated rings. The summed E-state index contributed by atoms with van der Waals surface area (Å²) in [6, 6.07) is 3.00. The number of nitrogens with two attached hydrogens (primary N) is 1. The molecule has 166 valence electrons. The van der Waals surface area contributed by atoms with Crippen LogP contribution in [0.3, 0.4) is 0 Å². The number of rotatable bonds is 6. The van der Waals surface area contributed by atoms with Gasteiger partial charge in [0.15, 0.2) is 0 Å². The van der Waals surface area contributed by atoms with Crippen molar-refractivity contribution in [3.05, 3.63) is 46.5 Å². The van der Waals surface area contributed by atoms with Crippen LogP contribution in [-0.2, 0) is 18.4 Å². The zero-order valence-electron chi connectivity index (χ0n) is 17.4. The molecule has 0 atom stereocenters. The van der Waals surface area contributed by atoms with Gasteiger partial charge in [0, 0.05) is 35.6 Å². The van der Waals surface area contributed by atoms with Gasteiger partial charge < -0.3 is 11.1 Å². The van der Waals surface area contributed by atoms with Crippen LogP contribution >= 0.6 is 11.3 Å². The average Bonchev–Trinajstić information content (AvgIpc) is 3.40. The van der Waals surface area contributed by atoms with Crippen LogP contribution in [0.1, 0.15) is 33.2 Å². The van der Waals surface area contributed by atoms with Gasteiger partial charge in [0.1, 0.15) is 21.9 Å². The molecular weight excluding hydrogens is 440 g/mol. The molecule has 0 spiro atoms. The molecule has 0 unspecified atom stereocenters. The molecule has 12 heteroatoms. The first-order valence-electron chi connectivity index (χ1n) is 9.50. The van der Waals surface area contributed by atoms with E-state index >= 15 is 0 Å². The lowest BCUT2D eigenvalue weighted by atomic mass is 10.0. The molecule has 0 saturated carbocycles. The summed E-state index contributed by atoms with van der Waals surface area (Å²) in [6.45, 7) is 3.49. The Kier molecular flexibility index (Phi) is 5.46. The zero-order chi connectivity index (χ0) is 23.2. The van der Waals surface area contributed by atoms with Gasteiger partial charge in [0.05, 0.1) is 11.9 Å². The Morgan fingerprint density at radius 3 is 2.56 bits per heavy atom. The number of carbonyl (C=O) groups is 2. The smallest absolute Gasteiger partial charge is 0.280 e. The third kappa shape index (κ3) is 3.73. The molecule has 4 rings (SSSR count). The van der Waals surface area contributed by atoms with Gasteiger partial charge in [-0.2, -0.15) is 10.2 Å². The van der Waals surface area contributed by atoms with Crippen molar-refractivity contribution in [2.75, 3.05) is 5.32 Å². The van der Waals surface area contributed by atoms with E-state index in [1.165, 1.54) is 10.7 Å². The molecule has 4 aromatic rings. The number of alkyl halides is 2. The molecule has 0 aliphatic rings. The SMILES string of the molecule is Cc1c(-c2cc(C(F)F)nc3sc(C(N)=O)c(NC(=O)Cn4nccc4C)c23)cnn1C. The van der Waals surface area contributed by atoms with Crippen LogP contribution in [0, 0.1) is 13.8 Å². The maximum absolute atomic E-state index is 13.6. The number of amides is 2. The van der Waals surface area contributed by atoms with Gasteiger partial charge in [0.25, 0.3) is 12.3 Å². The fourth-order valence-electron chi connectivity index (χ4n) is 3.38. The first-order valence-corrected chi connectivity index (χ1v) is 10.3. The van der Waals surface area contributed by atoms with E-state index in [2.05, 4.69) is 20.5 Å². The highest BCUT2D eigenvalue weighted by Gasteiger charge is 2.26. The molecule has 0 aliphatic heterocycles. The summed E-state index contributed by atoms with van der Waals surface area (Å²) < 4.78 is 30.2. The molecular formula is C20H19F2N7O2S. The summed E-state index contributed by atoms with van der Waals surface area (Å²) >= 11 is 0.855. The van der Waals surface area contributed by atoms with Crippen LogP contribution in [0.5, 0.6) is 0 Å². The lowest BCUT2D eigenvalue weighted by Crippen LogP contribution is -2.22. The van der Waals surface area contributed by atoms with E-state index in [9.17, 15) is 18.4 Å². The molecule has 32 heavy (non-hydrogen) atoms. The van der Waals surface area contributed by atoms with E-state index in [4.69, 9.17) is 5.73 Å². The minimum absolute atomic E-state index is 0.0206. The summed E-state index contributed by atoms with van der Waals surface area (Å²) in [5.74, 6) is -1.25. The van der Waals surface area contributed by atoms with E-state index in [1.54, 1.807) is 44.0 Å². The van der Waals surface area contributed by atoms with Crippen molar-refractivity contribution < 1.29 is 18.4 Å². The third-order valence-corrected chi connectivity index (χ3v) is 6.24. The minimum Gasteiger partial charge on any atom is -0.365 e. The van der Waals surface area contributed by atoms with Gasteiger partial charge in [-0.25, -0.2) is 13.8 Å². The van der Waals surface area contributed by atoms with Crippen molar-refractivity contribution in [1.82, 2.24) is 24.5 Å². The van der Waals surface area contributed by atoms with E-state index in [1.807, 2.05) is 0 Å². The molecule has 9 nitrogen and oxygen atoms in total. The van der Waals surface area contributed by atoms with Crippen molar-refractivity contribution in [1.29, 1.82) is 0 Å². The second-order valence-electron chi connectivity index (χ2n) is 7.19. The maximum Gasteiger partial charge on any atom is 0.280 e. The quantitative estimate of drug-likeness (QED) is 0.459. The predicted molar refractivity (Wildman–Crippen MR) is 116 cm³/mol. The largest absolute Gasteiger partial charge is 0.365 e. The number of pyridine rings is 1. The number of anilines is 1. The number of halogens is 2. The van der Waals surface area contributed by atoms with Crippen molar-refractivity contribution in [2.45, 2.75) is 26.8 Å². The average molecular weight is 459 g/mol. The normalized spacial score (nSPS) is 11.4. The molecule has 0 bridgehead atoms. The second kappa shape index (κ2) is 8.11. The summed E-state index contributed by atoms with van der Waals surface area (Å²) in [5, 5.41) is 11.3. The monoisotopic (exact) mass is 459 g/mol. The molecule has 3 N–H and O–H groups in total. The van der Waals surface area contributed by atoms with Gasteiger partial charge in [-0.1, -0.05) is 0 Å². The van der Waals surface area contributed by atoms with E-state index in [0.29, 0.717) is 22.2 Å². The number of aromatic nitrogens is 5. The highest BCUT2D eigenvalue weighted by Crippen LogP contribution is 2.43. The van der Waals surface area contributed by atoms with Gasteiger partial charge >= 0.3 is 0 Å². The van der Waals surface area contributed by atoms with Crippen LogP contribution in [0.15, 0.2) is 24.5 Å². The number of nitrogens with one attached hydrogen (secondary N) is 1. The summed E-state index contributed by atoms with van der Waals surface area (Å²) in [7, 11) is 1.73. The van der Waals surface area contributed by atoms with Crippen LogP contribution in [0.4, 0.5) is 14.5 Å². The number of hydrogen-bond donors (Lipinski definition) is 2. The zero-order valence-corrected chi connectivity index (χ0v) is 18.2. The number of fused-ring (bicyclic) bond motifs is 1. The van der Waals surface area contributed by atoms with Crippen LogP contribution in [-0.4, -0.2) is 36.4 Å². The van der Waals surface area contributed by atoms with Crippen LogP contribution in [0.25, 0.3) is 21.3 Å². The van der Waals surface area contributed by atoms with E-state index in [0.717, 1.165) is 17.0 Å². The number of aryl methyl sites for hydroxylation is 2. The standard InChI is InChI=1S/C20H19F2N7O2S/c1-9-4-5-24-29(9)8-14(30)27-16-15-11(12-7-25-28(3)10(12)2)6-13(18(21)22)26-20(15)32-17(16)19(23)31/h4-7,18H,8H2,1-3H3,(H2,23,31)(H,27,30). The molecule has 4 aromatic heterocycles. The maximum atomic E-state index is 13.6. The number of carbonyl (C=O) groups excluding carboxylic acids is 2. The highest BCUT2D eigenvalue weighted by atomic mass is 32.1. The Labute approximate surface area is 184 Å². The van der Waals surface area contributed by atoms with Gasteiger partial charge in [-0.3, -0.25) is 19.0 Å². The Balaban J connectivity index is 1.91. The molecule has 0 radical (unpaired) electrons. The van der Waals surface area contributed by atoms with Crippen molar-refractivity contribution in [2.24, 2.45) is 12.8 Å². The molecule has 2 amide bonds. The molecule has 4 heterocycles. The third-order valence-electron chi connectivity index (χ3n) is 5.14. The lowest BCUT2D eigenvalue weighted by molar-refractivity contribution is -0.116. The van der Waals surface area contributed by atoms with Crippen molar-refractivity contribution >= 4 is 39.1 Å². The fraction of sp³-hybridized carbons (Fsp3) is 0.250. The van der Waals surface area contributed by atoms with Crippen molar-refractivity contribution in [3.8, 4) is 11.1 Å². The Bertz CT molecular complexity index is 1360. The summed E-state index contributed by atoms with van der Waals surface area (Å²) in [4.78, 5) is 29.1. The van der Waals surface area contributed by atoms with Crippen LogP contribution < -0.4 is 11.1 Å². The van der Waals surface area contributed by atoms with E-state index in [-0.39, 0.29) is 21.9 Å². The molecule has 0 saturated heterocycles. The summed E-state index contributed by atoms with van der Waals surface area (Å²) in [6.07, 6.45) is 0.283. The Hall–Kier alpha value is -3.67. The Morgan fingerprint density at radius 1 is 1.25 bits per heavy atom. The fourth-order valence-corrected chi connectivity index (χ4v) is 4.39. The van der Waals surface area contributed by atoms with Gasteiger partial charge in [-0.15, -0.1) is 11.3 Å². The Morgan fingerprint density at radius 2 is 2.00 bits per heavy atom. The first kappa shape index (κ1) is 21.6. The van der Waals surface area contributed by atoms with Crippen molar-refractivity contribution in [3.63, 3.8) is 0 Å². The predicted octanol–water partition coefficient (Wildman–Crippen LogP) is 3.19. The number of hydrogen-bond acceptors (Lipinski definition) is 6. The number of primary amides is 1. The lowest BCUT2D eigenvalue weighted by Gasteiger charge is -2.11.